The summed E-state index contributed by atoms with van der Waals surface area (Å²) in [7, 11) is 3.28. The van der Waals surface area contributed by atoms with E-state index < -0.39 is 0 Å². The summed E-state index contributed by atoms with van der Waals surface area (Å²) >= 11 is 7.31. The topological polar surface area (TPSA) is 21.3 Å². The molecule has 0 aromatic heterocycles. The van der Waals surface area contributed by atoms with E-state index in [2.05, 4.69) is 26.6 Å². The molecule has 0 atom stereocenters. The molecule has 0 saturated carbocycles. The number of rotatable bonds is 1. The van der Waals surface area contributed by atoms with Crippen molar-refractivity contribution in [2.45, 2.75) is 0 Å². The molecule has 0 spiro atoms. The van der Waals surface area contributed by atoms with Crippen LogP contribution in [-0.2, 0) is 4.84 Å². The van der Waals surface area contributed by atoms with Crippen molar-refractivity contribution in [3.63, 3.8) is 0 Å². The zero-order valence-electron chi connectivity index (χ0n) is 4.57. The van der Waals surface area contributed by atoms with Crippen LogP contribution in [-0.4, -0.2) is 35.2 Å². The minimum atomic E-state index is 0.639. The van der Waals surface area contributed by atoms with E-state index in [0.717, 1.165) is 0 Å². The van der Waals surface area contributed by atoms with Crippen LogP contribution in [0.3, 0.4) is 0 Å². The minimum absolute atomic E-state index is 0.639. The first-order valence-corrected chi connectivity index (χ1v) is 3.14. The monoisotopic (exact) mass is 137 g/mol. The van der Waals surface area contributed by atoms with Gasteiger partial charge in [-0.15, -0.1) is 0 Å². The van der Waals surface area contributed by atoms with Crippen LogP contribution in [0.25, 0.3) is 0 Å². The van der Waals surface area contributed by atoms with Crippen molar-refractivity contribution >= 4 is 27.9 Å². The van der Waals surface area contributed by atoms with Gasteiger partial charge in [0.15, 0.2) is 0 Å². The molecule has 2 nitrogen and oxygen atoms in total. The average Bonchev–Trinajstić information content (AvgIpc) is 1.69. The van der Waals surface area contributed by atoms with Crippen LogP contribution in [0.2, 0.25) is 0 Å². The molecule has 0 aliphatic heterocycles. The normalized spacial score (nSPS) is 7.00. The van der Waals surface area contributed by atoms with Gasteiger partial charge in [0.05, 0.1) is 7.11 Å². The predicted octanol–water partition coefficient (Wildman–Crippen LogP) is 0.118. The summed E-state index contributed by atoms with van der Waals surface area (Å²) in [5.74, 6) is 0. The number of halogens is 1. The van der Waals surface area contributed by atoms with Gasteiger partial charge >= 0.3 is 32.6 Å². The van der Waals surface area contributed by atoms with Gasteiger partial charge in [0.25, 0.3) is 0 Å². The number of hydrogen-bond acceptors (Lipinski definition) is 2. The summed E-state index contributed by atoms with van der Waals surface area (Å²) in [6, 6.07) is 0. The Morgan fingerprint density at radius 3 is 2.00 bits per heavy atom. The molecule has 0 rings (SSSR count). The first kappa shape index (κ1) is 10.7. The molecule has 7 heavy (non-hydrogen) atoms. The van der Waals surface area contributed by atoms with Crippen LogP contribution >= 0.6 is 11.6 Å². The third kappa shape index (κ3) is 49.9. The first-order valence-electron chi connectivity index (χ1n) is 1.79. The van der Waals surface area contributed by atoms with Crippen LogP contribution in [0.5, 0.6) is 0 Å². The molecule has 0 aliphatic carbocycles. The Bertz CT molecular complexity index is 22.4. The second-order valence-corrected chi connectivity index (χ2v) is 1.80. The van der Waals surface area contributed by atoms with E-state index >= 15 is 0 Å². The van der Waals surface area contributed by atoms with Crippen molar-refractivity contribution in [3.8, 4) is 0 Å². The maximum atomic E-state index is 4.96. The molecular formula is C3H9AlClNO+2. The maximum absolute atomic E-state index is 4.96. The van der Waals surface area contributed by atoms with Crippen molar-refractivity contribution in [3.05, 3.63) is 0 Å². The summed E-state index contributed by atoms with van der Waals surface area (Å²) < 4.78 is 0.639. The van der Waals surface area contributed by atoms with Gasteiger partial charge in [-0.2, -0.15) is 0 Å². The molecule has 40 valence electrons. The molecule has 0 aromatic carbocycles. The fourth-order valence-corrected chi connectivity index (χ4v) is 0. The summed E-state index contributed by atoms with van der Waals surface area (Å²) in [5.41, 5.74) is 2.43. The van der Waals surface area contributed by atoms with Gasteiger partial charge in [-0.05, 0) is 0 Å². The van der Waals surface area contributed by atoms with Crippen LogP contribution < -0.4 is 5.48 Å². The van der Waals surface area contributed by atoms with Gasteiger partial charge in [-0.1, -0.05) is 0 Å². The Morgan fingerprint density at radius 1 is 1.86 bits per heavy atom. The molecule has 0 unspecified atom stereocenters. The van der Waals surface area contributed by atoms with Crippen LogP contribution in [0.15, 0.2) is 0 Å². The molecule has 0 bridgehead atoms. The SMILES string of the molecule is CNOC.[Al+2][CH2]Cl. The molecule has 1 N–H and O–H groups in total. The first-order chi connectivity index (χ1) is 3.33. The molecule has 4 heteroatoms. The fourth-order valence-electron chi connectivity index (χ4n) is 0. The number of alkyl halides is 1. The van der Waals surface area contributed by atoms with E-state index in [4.69, 9.17) is 11.6 Å². The van der Waals surface area contributed by atoms with E-state index in [1.54, 1.807) is 14.2 Å². The average molecular weight is 138 g/mol. The third-order valence-electron chi connectivity index (χ3n) is 0.204. The quantitative estimate of drug-likeness (QED) is 0.315. The van der Waals surface area contributed by atoms with Gasteiger partial charge in [0, 0.05) is 7.05 Å². The molecular weight excluding hydrogens is 128 g/mol. The number of hydroxylamine groups is 1. The van der Waals surface area contributed by atoms with Crippen molar-refractivity contribution in [1.29, 1.82) is 0 Å². The van der Waals surface area contributed by atoms with Gasteiger partial charge in [0.2, 0.25) is 0 Å². The predicted molar refractivity (Wildman–Crippen MR) is 32.5 cm³/mol. The van der Waals surface area contributed by atoms with Crippen molar-refractivity contribution in [2.24, 2.45) is 0 Å². The second-order valence-electron chi connectivity index (χ2n) is 0.563. The third-order valence-corrected chi connectivity index (χ3v) is 0.204. The van der Waals surface area contributed by atoms with Gasteiger partial charge in [0.1, 0.15) is 0 Å². The zero-order valence-corrected chi connectivity index (χ0v) is 6.48. The van der Waals surface area contributed by atoms with Crippen LogP contribution in [0.4, 0.5) is 0 Å². The van der Waals surface area contributed by atoms with Crippen molar-refractivity contribution in [2.75, 3.05) is 18.9 Å². The van der Waals surface area contributed by atoms with E-state index in [1.165, 1.54) is 0 Å². The second kappa shape index (κ2) is 15.9. The van der Waals surface area contributed by atoms with E-state index in [-0.39, 0.29) is 0 Å². The van der Waals surface area contributed by atoms with Crippen molar-refractivity contribution in [1.82, 2.24) is 5.48 Å². The summed E-state index contributed by atoms with van der Waals surface area (Å²) in [6.07, 6.45) is 0. The molecule has 0 saturated heterocycles. The fraction of sp³-hybridized carbons (Fsp3) is 1.00. The Balaban J connectivity index is 0. The molecule has 0 aromatic rings. The van der Waals surface area contributed by atoms with E-state index in [0.29, 0.717) is 4.74 Å². The standard InChI is InChI=1S/C2H7NO.CH2Cl.Al/c1-3-4-2;1-2;/h3H,1-2H3;1H2;/q;;+2. The number of nitrogens with one attached hydrogen (secondary N) is 1. The van der Waals surface area contributed by atoms with Crippen LogP contribution in [0, 0.1) is 0 Å². The molecule has 0 aliphatic rings. The van der Waals surface area contributed by atoms with Gasteiger partial charge in [-0.3, -0.25) is 0 Å². The summed E-state index contributed by atoms with van der Waals surface area (Å²) in [6.45, 7) is 0. The zero-order chi connectivity index (χ0) is 6.12. The Hall–Kier alpha value is 0.742. The van der Waals surface area contributed by atoms with Crippen molar-refractivity contribution < 1.29 is 4.84 Å². The Labute approximate surface area is 57.6 Å². The van der Waals surface area contributed by atoms with E-state index in [9.17, 15) is 0 Å². The number of hydrogen-bond donors (Lipinski definition) is 1. The molecule has 0 heterocycles. The Morgan fingerprint density at radius 2 is 2.00 bits per heavy atom. The van der Waals surface area contributed by atoms with E-state index in [1.807, 2.05) is 0 Å². The van der Waals surface area contributed by atoms with Gasteiger partial charge in [-0.25, -0.2) is 5.48 Å². The molecule has 0 fully saturated rings. The van der Waals surface area contributed by atoms with Gasteiger partial charge < -0.3 is 4.84 Å². The summed E-state index contributed by atoms with van der Waals surface area (Å²) in [4.78, 5) is 4.29. The van der Waals surface area contributed by atoms with Crippen LogP contribution in [0.1, 0.15) is 0 Å². The Kier molecular flexibility index (Phi) is 24.2. The summed E-state index contributed by atoms with van der Waals surface area (Å²) in [5, 5.41) is 0. The molecule has 0 radical (unpaired) electrons. The molecule has 0 amide bonds.